The minimum atomic E-state index is 0.232. The lowest BCUT2D eigenvalue weighted by Crippen LogP contribution is -2.47. The molecule has 1 aliphatic heterocycles. The topological polar surface area (TPSA) is 64.5 Å². The van der Waals surface area contributed by atoms with E-state index in [-0.39, 0.29) is 6.61 Å². The lowest BCUT2D eigenvalue weighted by atomic mass is 10.3. The fourth-order valence-corrected chi connectivity index (χ4v) is 2.19. The number of aliphatic hydroxyl groups excluding tert-OH is 1. The number of β-amino-alcohol motifs (C(OH)–C–C–N with tert-alkyl or cyclic N) is 1. The molecule has 1 aliphatic rings. The summed E-state index contributed by atoms with van der Waals surface area (Å²) in [4.78, 5) is 13.4. The van der Waals surface area contributed by atoms with Gasteiger partial charge in [-0.2, -0.15) is 0 Å². The summed E-state index contributed by atoms with van der Waals surface area (Å²) in [6, 6.07) is 0. The summed E-state index contributed by atoms with van der Waals surface area (Å²) in [5.41, 5.74) is 0. The zero-order chi connectivity index (χ0) is 13.5. The predicted octanol–water partition coefficient (Wildman–Crippen LogP) is 0.413. The van der Waals surface area contributed by atoms with Gasteiger partial charge in [-0.3, -0.25) is 9.88 Å². The van der Waals surface area contributed by atoms with Crippen LogP contribution in [0.25, 0.3) is 0 Å². The molecule has 6 nitrogen and oxygen atoms in total. The van der Waals surface area contributed by atoms with E-state index in [0.29, 0.717) is 0 Å². The van der Waals surface area contributed by atoms with Gasteiger partial charge >= 0.3 is 0 Å². The maximum atomic E-state index is 8.93. The number of anilines is 2. The first-order valence-corrected chi connectivity index (χ1v) is 6.97. The zero-order valence-electron chi connectivity index (χ0n) is 11.5. The summed E-state index contributed by atoms with van der Waals surface area (Å²) in [5, 5.41) is 12.2. The second-order valence-corrected chi connectivity index (χ2v) is 4.74. The normalized spacial score (nSPS) is 16.6. The van der Waals surface area contributed by atoms with Gasteiger partial charge in [0.05, 0.1) is 19.0 Å². The van der Waals surface area contributed by atoms with Gasteiger partial charge in [0.15, 0.2) is 0 Å². The van der Waals surface area contributed by atoms with Crippen LogP contribution in [0.3, 0.4) is 0 Å². The number of aliphatic hydroxyl groups is 1. The van der Waals surface area contributed by atoms with Crippen molar-refractivity contribution in [3.8, 4) is 0 Å². The number of aromatic nitrogens is 2. The molecule has 106 valence electrons. The summed E-state index contributed by atoms with van der Waals surface area (Å²) in [6.45, 7) is 7.85. The van der Waals surface area contributed by atoms with E-state index < -0.39 is 0 Å². The predicted molar refractivity (Wildman–Crippen MR) is 76.6 cm³/mol. The number of hydrogen-bond acceptors (Lipinski definition) is 6. The maximum Gasteiger partial charge on any atom is 0.149 e. The van der Waals surface area contributed by atoms with Gasteiger partial charge in [0.2, 0.25) is 0 Å². The van der Waals surface area contributed by atoms with Gasteiger partial charge < -0.3 is 15.3 Å². The second-order valence-electron chi connectivity index (χ2n) is 4.74. The minimum Gasteiger partial charge on any atom is -0.395 e. The Morgan fingerprint density at radius 2 is 2.05 bits per heavy atom. The molecule has 0 unspecified atom stereocenters. The molecule has 0 atom stereocenters. The van der Waals surface area contributed by atoms with Crippen LogP contribution in [0.2, 0.25) is 0 Å². The summed E-state index contributed by atoms with van der Waals surface area (Å²) >= 11 is 0. The molecule has 2 heterocycles. The first kappa shape index (κ1) is 14.0. The van der Waals surface area contributed by atoms with Crippen molar-refractivity contribution in [2.45, 2.75) is 13.3 Å². The third kappa shape index (κ3) is 4.04. The molecule has 0 bridgehead atoms. The molecular formula is C13H23N5O. The molecule has 6 heteroatoms. The van der Waals surface area contributed by atoms with Crippen LogP contribution < -0.4 is 10.2 Å². The highest BCUT2D eigenvalue weighted by Gasteiger charge is 2.17. The molecule has 0 amide bonds. The molecule has 1 aromatic heterocycles. The van der Waals surface area contributed by atoms with Crippen LogP contribution in [0.15, 0.2) is 12.4 Å². The number of rotatable bonds is 6. The van der Waals surface area contributed by atoms with E-state index in [1.165, 1.54) is 0 Å². The molecule has 0 aromatic carbocycles. The van der Waals surface area contributed by atoms with Crippen LogP contribution in [-0.2, 0) is 0 Å². The Kier molecular flexibility index (Phi) is 5.35. The molecule has 0 saturated carbocycles. The van der Waals surface area contributed by atoms with Crippen molar-refractivity contribution in [2.75, 3.05) is 56.1 Å². The highest BCUT2D eigenvalue weighted by molar-refractivity contribution is 5.44. The first-order chi connectivity index (χ1) is 9.33. The standard InChI is InChI=1S/C13H23N5O/c1-2-3-15-12-10-14-11-13(16-12)18-6-4-17(5-7-18)8-9-19/h10-11,19H,2-9H2,1H3,(H,15,16). The Balaban J connectivity index is 1.91. The van der Waals surface area contributed by atoms with Crippen molar-refractivity contribution in [3.63, 3.8) is 0 Å². The molecular weight excluding hydrogens is 242 g/mol. The number of piperazine rings is 1. The Hall–Kier alpha value is -1.40. The molecule has 1 fully saturated rings. The summed E-state index contributed by atoms with van der Waals surface area (Å²) in [5.74, 6) is 1.78. The van der Waals surface area contributed by atoms with Crippen molar-refractivity contribution >= 4 is 11.6 Å². The van der Waals surface area contributed by atoms with E-state index >= 15 is 0 Å². The average molecular weight is 265 g/mol. The van der Waals surface area contributed by atoms with Gasteiger partial charge in [0.1, 0.15) is 11.6 Å². The smallest absolute Gasteiger partial charge is 0.149 e. The molecule has 0 aliphatic carbocycles. The molecule has 2 rings (SSSR count). The molecule has 1 aromatic rings. The number of nitrogens with one attached hydrogen (secondary N) is 1. The Bertz CT molecular complexity index is 379. The van der Waals surface area contributed by atoms with Crippen LogP contribution in [0.1, 0.15) is 13.3 Å². The van der Waals surface area contributed by atoms with Crippen LogP contribution in [-0.4, -0.2) is 65.8 Å². The van der Waals surface area contributed by atoms with Crippen molar-refractivity contribution in [1.82, 2.24) is 14.9 Å². The highest BCUT2D eigenvalue weighted by atomic mass is 16.3. The SMILES string of the molecule is CCCNc1cncc(N2CCN(CCO)CC2)n1. The summed E-state index contributed by atoms with van der Waals surface area (Å²) < 4.78 is 0. The molecule has 2 N–H and O–H groups in total. The molecule has 0 spiro atoms. The lowest BCUT2D eigenvalue weighted by molar-refractivity contribution is 0.188. The number of nitrogens with zero attached hydrogens (tertiary/aromatic N) is 4. The fourth-order valence-electron chi connectivity index (χ4n) is 2.19. The van der Waals surface area contributed by atoms with Crippen LogP contribution >= 0.6 is 0 Å². The zero-order valence-corrected chi connectivity index (χ0v) is 11.5. The fraction of sp³-hybridized carbons (Fsp3) is 0.692. The molecule has 1 saturated heterocycles. The van der Waals surface area contributed by atoms with E-state index in [2.05, 4.69) is 32.0 Å². The molecule has 0 radical (unpaired) electrons. The van der Waals surface area contributed by atoms with Gasteiger partial charge in [-0.15, -0.1) is 0 Å². The summed E-state index contributed by atoms with van der Waals surface area (Å²) in [6.07, 6.45) is 4.66. The molecule has 19 heavy (non-hydrogen) atoms. The van der Waals surface area contributed by atoms with Gasteiger partial charge in [-0.25, -0.2) is 4.98 Å². The number of hydrogen-bond donors (Lipinski definition) is 2. The van der Waals surface area contributed by atoms with Crippen molar-refractivity contribution in [2.24, 2.45) is 0 Å². The minimum absolute atomic E-state index is 0.232. The quantitative estimate of drug-likeness (QED) is 0.777. The third-order valence-electron chi connectivity index (χ3n) is 3.29. The van der Waals surface area contributed by atoms with Crippen molar-refractivity contribution < 1.29 is 5.11 Å². The largest absolute Gasteiger partial charge is 0.395 e. The van der Waals surface area contributed by atoms with Crippen LogP contribution in [0.5, 0.6) is 0 Å². The van der Waals surface area contributed by atoms with Gasteiger partial charge in [0.25, 0.3) is 0 Å². The van der Waals surface area contributed by atoms with E-state index in [0.717, 1.165) is 57.3 Å². The van der Waals surface area contributed by atoms with Gasteiger partial charge in [0, 0.05) is 39.3 Å². The average Bonchev–Trinajstić information content (AvgIpc) is 2.46. The van der Waals surface area contributed by atoms with Crippen LogP contribution in [0, 0.1) is 0 Å². The lowest BCUT2D eigenvalue weighted by Gasteiger charge is -2.34. The van der Waals surface area contributed by atoms with Crippen molar-refractivity contribution in [3.05, 3.63) is 12.4 Å². The third-order valence-corrected chi connectivity index (χ3v) is 3.29. The second kappa shape index (κ2) is 7.25. The van der Waals surface area contributed by atoms with E-state index in [1.807, 2.05) is 6.20 Å². The van der Waals surface area contributed by atoms with Gasteiger partial charge in [-0.1, -0.05) is 6.92 Å². The Morgan fingerprint density at radius 1 is 1.26 bits per heavy atom. The maximum absolute atomic E-state index is 8.93. The monoisotopic (exact) mass is 265 g/mol. The van der Waals surface area contributed by atoms with E-state index in [9.17, 15) is 0 Å². The highest BCUT2D eigenvalue weighted by Crippen LogP contribution is 2.14. The van der Waals surface area contributed by atoms with E-state index in [1.54, 1.807) is 6.20 Å². The Labute approximate surface area is 114 Å². The Morgan fingerprint density at radius 3 is 2.74 bits per heavy atom. The summed E-state index contributed by atoms with van der Waals surface area (Å²) in [7, 11) is 0. The van der Waals surface area contributed by atoms with E-state index in [4.69, 9.17) is 5.11 Å². The first-order valence-electron chi connectivity index (χ1n) is 6.97. The van der Waals surface area contributed by atoms with Crippen LogP contribution in [0.4, 0.5) is 11.6 Å². The van der Waals surface area contributed by atoms with Gasteiger partial charge in [-0.05, 0) is 6.42 Å². The van der Waals surface area contributed by atoms with Crippen molar-refractivity contribution in [1.29, 1.82) is 0 Å².